The van der Waals surface area contributed by atoms with Crippen LogP contribution in [0.1, 0.15) is 5.56 Å². The number of hydrogen-bond donors (Lipinski definition) is 1. The van der Waals surface area contributed by atoms with Crippen molar-refractivity contribution in [3.63, 3.8) is 0 Å². The Morgan fingerprint density at radius 1 is 1.05 bits per heavy atom. The Labute approximate surface area is 121 Å². The lowest BCUT2D eigenvalue weighted by Gasteiger charge is -2.12. The highest BCUT2D eigenvalue weighted by Gasteiger charge is 2.07. The van der Waals surface area contributed by atoms with Gasteiger partial charge in [-0.3, -0.25) is 0 Å². The molecule has 0 heterocycles. The van der Waals surface area contributed by atoms with Gasteiger partial charge in [-0.2, -0.15) is 0 Å². The van der Waals surface area contributed by atoms with Crippen molar-refractivity contribution in [3.8, 4) is 11.5 Å². The Hall–Kier alpha value is -1.58. The molecule has 0 aliphatic rings. The first kappa shape index (κ1) is 13.8. The number of nitrogen functional groups attached to an aromatic ring is 1. The zero-order chi connectivity index (χ0) is 13.8. The lowest BCUT2D eigenvalue weighted by atomic mass is 10.2. The summed E-state index contributed by atoms with van der Waals surface area (Å²) in [5.41, 5.74) is 7.13. The molecule has 0 amide bonds. The predicted molar refractivity (Wildman–Crippen MR) is 78.2 cm³/mol. The van der Waals surface area contributed by atoms with Crippen LogP contribution in [-0.2, 0) is 6.61 Å². The molecule has 0 atom stereocenters. The molecule has 0 bridgehead atoms. The molecule has 0 fully saturated rings. The van der Waals surface area contributed by atoms with E-state index in [0.717, 1.165) is 5.56 Å². The third-order valence-corrected chi connectivity index (χ3v) is 3.18. The molecule has 0 saturated heterocycles. The minimum Gasteiger partial charge on any atom is -0.493 e. The predicted octanol–water partition coefficient (Wildman–Crippen LogP) is 4.16. The van der Waals surface area contributed by atoms with Gasteiger partial charge in [0.1, 0.15) is 6.61 Å². The van der Waals surface area contributed by atoms with Crippen LogP contribution in [0.3, 0.4) is 0 Å². The van der Waals surface area contributed by atoms with E-state index in [0.29, 0.717) is 33.8 Å². The van der Waals surface area contributed by atoms with Gasteiger partial charge in [-0.25, -0.2) is 0 Å². The number of nitrogens with two attached hydrogens (primary N) is 1. The lowest BCUT2D eigenvalue weighted by Crippen LogP contribution is -1.99. The Morgan fingerprint density at radius 3 is 2.58 bits per heavy atom. The highest BCUT2D eigenvalue weighted by Crippen LogP contribution is 2.30. The number of rotatable bonds is 4. The topological polar surface area (TPSA) is 44.5 Å². The van der Waals surface area contributed by atoms with Crippen molar-refractivity contribution in [2.75, 3.05) is 12.8 Å². The van der Waals surface area contributed by atoms with Gasteiger partial charge < -0.3 is 15.2 Å². The average Bonchev–Trinajstić information content (AvgIpc) is 2.40. The fourth-order valence-electron chi connectivity index (χ4n) is 1.62. The van der Waals surface area contributed by atoms with Gasteiger partial charge in [0, 0.05) is 27.4 Å². The molecule has 0 spiro atoms. The van der Waals surface area contributed by atoms with Crippen LogP contribution >= 0.6 is 23.2 Å². The monoisotopic (exact) mass is 297 g/mol. The summed E-state index contributed by atoms with van der Waals surface area (Å²) in [6, 6.07) is 10.4. The Morgan fingerprint density at radius 2 is 1.84 bits per heavy atom. The van der Waals surface area contributed by atoms with Crippen molar-refractivity contribution >= 4 is 28.9 Å². The van der Waals surface area contributed by atoms with Crippen molar-refractivity contribution in [1.82, 2.24) is 0 Å². The second-order valence-electron chi connectivity index (χ2n) is 3.93. The molecule has 2 rings (SSSR count). The molecule has 0 radical (unpaired) electrons. The SMILES string of the molecule is COc1ccc(N)cc1OCc1cc(Cl)ccc1Cl. The molecule has 3 nitrogen and oxygen atoms in total. The van der Waals surface area contributed by atoms with Crippen LogP contribution < -0.4 is 15.2 Å². The van der Waals surface area contributed by atoms with Gasteiger partial charge >= 0.3 is 0 Å². The van der Waals surface area contributed by atoms with Gasteiger partial charge in [-0.05, 0) is 30.3 Å². The molecule has 2 aromatic rings. The first-order valence-corrected chi connectivity index (χ1v) is 6.36. The number of methoxy groups -OCH3 is 1. The summed E-state index contributed by atoms with van der Waals surface area (Å²) < 4.78 is 10.9. The van der Waals surface area contributed by atoms with E-state index in [4.69, 9.17) is 38.4 Å². The molecular formula is C14H13Cl2NO2. The van der Waals surface area contributed by atoms with Gasteiger partial charge in [0.25, 0.3) is 0 Å². The van der Waals surface area contributed by atoms with E-state index in [1.807, 2.05) is 0 Å². The zero-order valence-electron chi connectivity index (χ0n) is 10.3. The van der Waals surface area contributed by atoms with Crippen LogP contribution in [0.15, 0.2) is 36.4 Å². The van der Waals surface area contributed by atoms with Crippen LogP contribution in [-0.4, -0.2) is 7.11 Å². The molecular weight excluding hydrogens is 285 g/mol. The summed E-state index contributed by atoms with van der Waals surface area (Å²) in [7, 11) is 1.57. The van der Waals surface area contributed by atoms with E-state index in [1.54, 1.807) is 43.5 Å². The van der Waals surface area contributed by atoms with Gasteiger partial charge in [-0.15, -0.1) is 0 Å². The molecule has 0 aliphatic carbocycles. The van der Waals surface area contributed by atoms with Crippen LogP contribution in [0.2, 0.25) is 10.0 Å². The molecule has 0 saturated carbocycles. The fraction of sp³-hybridized carbons (Fsp3) is 0.143. The van der Waals surface area contributed by atoms with Gasteiger partial charge in [-0.1, -0.05) is 23.2 Å². The summed E-state index contributed by atoms with van der Waals surface area (Å²) in [5.74, 6) is 1.19. The summed E-state index contributed by atoms with van der Waals surface area (Å²) >= 11 is 12.0. The van der Waals surface area contributed by atoms with Crippen molar-refractivity contribution in [2.24, 2.45) is 0 Å². The molecule has 5 heteroatoms. The van der Waals surface area contributed by atoms with E-state index >= 15 is 0 Å². The van der Waals surface area contributed by atoms with Crippen LogP contribution in [0.25, 0.3) is 0 Å². The van der Waals surface area contributed by atoms with Crippen molar-refractivity contribution in [1.29, 1.82) is 0 Å². The van der Waals surface area contributed by atoms with E-state index in [2.05, 4.69) is 0 Å². The van der Waals surface area contributed by atoms with Crippen LogP contribution in [0.5, 0.6) is 11.5 Å². The average molecular weight is 298 g/mol. The summed E-state index contributed by atoms with van der Waals surface area (Å²) in [5, 5.41) is 1.22. The molecule has 2 aromatic carbocycles. The summed E-state index contributed by atoms with van der Waals surface area (Å²) in [6.45, 7) is 0.291. The molecule has 2 N–H and O–H groups in total. The minimum absolute atomic E-state index is 0.291. The molecule has 0 aromatic heterocycles. The minimum atomic E-state index is 0.291. The first-order valence-electron chi connectivity index (χ1n) is 5.60. The quantitative estimate of drug-likeness (QED) is 0.862. The molecule has 100 valence electrons. The van der Waals surface area contributed by atoms with Crippen molar-refractivity contribution in [3.05, 3.63) is 52.0 Å². The Bertz CT molecular complexity index is 588. The number of hydrogen-bond acceptors (Lipinski definition) is 3. The Balaban J connectivity index is 2.18. The fourth-order valence-corrected chi connectivity index (χ4v) is 1.98. The third-order valence-electron chi connectivity index (χ3n) is 2.58. The maximum atomic E-state index is 6.07. The van der Waals surface area contributed by atoms with Gasteiger partial charge in [0.2, 0.25) is 0 Å². The van der Waals surface area contributed by atoms with Crippen molar-refractivity contribution < 1.29 is 9.47 Å². The van der Waals surface area contributed by atoms with Crippen LogP contribution in [0, 0.1) is 0 Å². The van der Waals surface area contributed by atoms with Crippen LogP contribution in [0.4, 0.5) is 5.69 Å². The number of anilines is 1. The molecule has 0 unspecified atom stereocenters. The number of ether oxygens (including phenoxy) is 2. The standard InChI is InChI=1S/C14H13Cl2NO2/c1-18-13-5-3-11(17)7-14(13)19-8-9-6-10(15)2-4-12(9)16/h2-7H,8,17H2,1H3. The van der Waals surface area contributed by atoms with E-state index in [1.165, 1.54) is 0 Å². The summed E-state index contributed by atoms with van der Waals surface area (Å²) in [4.78, 5) is 0. The molecule has 19 heavy (non-hydrogen) atoms. The first-order chi connectivity index (χ1) is 9.10. The van der Waals surface area contributed by atoms with Gasteiger partial charge in [0.05, 0.1) is 7.11 Å². The third kappa shape index (κ3) is 3.46. The van der Waals surface area contributed by atoms with Gasteiger partial charge in [0.15, 0.2) is 11.5 Å². The normalized spacial score (nSPS) is 10.3. The largest absolute Gasteiger partial charge is 0.493 e. The lowest BCUT2D eigenvalue weighted by molar-refractivity contribution is 0.285. The summed E-state index contributed by atoms with van der Waals surface area (Å²) in [6.07, 6.45) is 0. The Kier molecular flexibility index (Phi) is 4.40. The highest BCUT2D eigenvalue weighted by atomic mass is 35.5. The van der Waals surface area contributed by atoms with Crippen molar-refractivity contribution in [2.45, 2.75) is 6.61 Å². The highest BCUT2D eigenvalue weighted by molar-refractivity contribution is 6.33. The maximum absolute atomic E-state index is 6.07. The van der Waals surface area contributed by atoms with E-state index in [-0.39, 0.29) is 0 Å². The number of benzene rings is 2. The maximum Gasteiger partial charge on any atom is 0.163 e. The van der Waals surface area contributed by atoms with E-state index in [9.17, 15) is 0 Å². The molecule has 0 aliphatic heterocycles. The van der Waals surface area contributed by atoms with E-state index < -0.39 is 0 Å². The smallest absolute Gasteiger partial charge is 0.163 e. The number of halogens is 2. The second-order valence-corrected chi connectivity index (χ2v) is 4.78. The second kappa shape index (κ2) is 6.04. The zero-order valence-corrected chi connectivity index (χ0v) is 11.8.